The average Bonchev–Trinajstić information content (AvgIpc) is 2.58. The van der Waals surface area contributed by atoms with Gasteiger partial charge in [0.1, 0.15) is 5.75 Å². The van der Waals surface area contributed by atoms with Crippen molar-refractivity contribution in [2.24, 2.45) is 0 Å². The number of hydrogen-bond donors (Lipinski definition) is 1. The Bertz CT molecular complexity index is 579. The number of aryl methyl sites for hydroxylation is 1. The number of hydrogen-bond acceptors (Lipinski definition) is 4. The molecule has 0 atom stereocenters. The fourth-order valence-corrected chi connectivity index (χ4v) is 2.85. The van der Waals surface area contributed by atoms with Crippen LogP contribution in [0.25, 0.3) is 0 Å². The maximum Gasteiger partial charge on any atom is 0.338 e. The predicted molar refractivity (Wildman–Crippen MR) is 91.7 cm³/mol. The van der Waals surface area contributed by atoms with Crippen LogP contribution >= 0.6 is 11.8 Å². The molecule has 0 heterocycles. The van der Waals surface area contributed by atoms with Crippen LogP contribution in [0.15, 0.2) is 53.4 Å². The molecular formula is C18H22O3S. The summed E-state index contributed by atoms with van der Waals surface area (Å²) in [6.07, 6.45) is 0.875. The fourth-order valence-electron chi connectivity index (χ4n) is 1.81. The first-order valence-corrected chi connectivity index (χ1v) is 8.27. The third-order valence-corrected chi connectivity index (χ3v) is 3.95. The first-order chi connectivity index (χ1) is 10.7. The average molecular weight is 318 g/mol. The van der Waals surface area contributed by atoms with E-state index in [9.17, 15) is 9.90 Å². The molecule has 2 aromatic rings. The lowest BCUT2D eigenvalue weighted by atomic mass is 10.2. The standard InChI is InChI=1S/C16H16O3S.C2H6/c1-19-16(18)14-4-2-3-5-15(14)20-11-10-12-6-8-13(17)9-7-12;1-2/h2-9,17H,10-11H2,1H3;1-2H3. The monoisotopic (exact) mass is 318 g/mol. The third kappa shape index (κ3) is 5.45. The normalized spacial score (nSPS) is 9.59. The Morgan fingerprint density at radius 1 is 1.09 bits per heavy atom. The van der Waals surface area contributed by atoms with Crippen molar-refractivity contribution in [3.8, 4) is 5.75 Å². The van der Waals surface area contributed by atoms with E-state index in [2.05, 4.69) is 0 Å². The van der Waals surface area contributed by atoms with Gasteiger partial charge in [0.05, 0.1) is 12.7 Å². The van der Waals surface area contributed by atoms with Gasteiger partial charge in [0.15, 0.2) is 0 Å². The number of rotatable bonds is 5. The summed E-state index contributed by atoms with van der Waals surface area (Å²) in [5.74, 6) is 0.828. The van der Waals surface area contributed by atoms with Gasteiger partial charge in [-0.1, -0.05) is 38.1 Å². The zero-order valence-electron chi connectivity index (χ0n) is 13.2. The summed E-state index contributed by atoms with van der Waals surface area (Å²) in [6, 6.07) is 14.6. The molecule has 2 aromatic carbocycles. The van der Waals surface area contributed by atoms with Gasteiger partial charge in [-0.3, -0.25) is 0 Å². The summed E-state index contributed by atoms with van der Waals surface area (Å²) >= 11 is 1.63. The highest BCUT2D eigenvalue weighted by molar-refractivity contribution is 7.99. The van der Waals surface area contributed by atoms with Crippen LogP contribution in [0.2, 0.25) is 0 Å². The summed E-state index contributed by atoms with van der Waals surface area (Å²) in [7, 11) is 1.39. The van der Waals surface area contributed by atoms with Crippen molar-refractivity contribution in [2.45, 2.75) is 25.2 Å². The smallest absolute Gasteiger partial charge is 0.338 e. The SMILES string of the molecule is CC.COC(=O)c1ccccc1SCCc1ccc(O)cc1. The van der Waals surface area contributed by atoms with Gasteiger partial charge in [0.25, 0.3) is 0 Å². The Morgan fingerprint density at radius 2 is 1.73 bits per heavy atom. The van der Waals surface area contributed by atoms with Crippen molar-refractivity contribution >= 4 is 17.7 Å². The minimum Gasteiger partial charge on any atom is -0.508 e. The van der Waals surface area contributed by atoms with E-state index in [-0.39, 0.29) is 11.7 Å². The molecule has 0 radical (unpaired) electrons. The molecule has 0 aliphatic rings. The Labute approximate surface area is 136 Å². The Kier molecular flexibility index (Phi) is 8.15. The second-order valence-electron chi connectivity index (χ2n) is 4.25. The van der Waals surface area contributed by atoms with Gasteiger partial charge in [-0.2, -0.15) is 0 Å². The number of esters is 1. The second-order valence-corrected chi connectivity index (χ2v) is 5.39. The lowest BCUT2D eigenvalue weighted by molar-refractivity contribution is 0.0597. The van der Waals surface area contributed by atoms with Crippen molar-refractivity contribution in [3.63, 3.8) is 0 Å². The van der Waals surface area contributed by atoms with Crippen molar-refractivity contribution < 1.29 is 14.6 Å². The lowest BCUT2D eigenvalue weighted by Gasteiger charge is -2.07. The highest BCUT2D eigenvalue weighted by Crippen LogP contribution is 2.24. The van der Waals surface area contributed by atoms with Gasteiger partial charge in [-0.25, -0.2) is 4.79 Å². The van der Waals surface area contributed by atoms with Crippen molar-refractivity contribution in [2.75, 3.05) is 12.9 Å². The lowest BCUT2D eigenvalue weighted by Crippen LogP contribution is -2.03. The molecule has 4 heteroatoms. The zero-order valence-corrected chi connectivity index (χ0v) is 14.0. The van der Waals surface area contributed by atoms with Crippen LogP contribution in [0.1, 0.15) is 29.8 Å². The molecule has 118 valence electrons. The third-order valence-electron chi connectivity index (χ3n) is 2.88. The van der Waals surface area contributed by atoms with E-state index in [0.717, 1.165) is 22.6 Å². The molecule has 0 spiro atoms. The minimum absolute atomic E-state index is 0.275. The molecule has 0 aromatic heterocycles. The van der Waals surface area contributed by atoms with Crippen LogP contribution in [0.3, 0.4) is 0 Å². The highest BCUT2D eigenvalue weighted by atomic mass is 32.2. The molecule has 0 unspecified atom stereocenters. The van der Waals surface area contributed by atoms with Gasteiger partial charge in [0, 0.05) is 10.6 Å². The molecule has 0 aliphatic carbocycles. The first-order valence-electron chi connectivity index (χ1n) is 7.29. The van der Waals surface area contributed by atoms with Gasteiger partial charge in [-0.05, 0) is 36.2 Å². The van der Waals surface area contributed by atoms with E-state index in [1.54, 1.807) is 30.0 Å². The zero-order chi connectivity index (χ0) is 16.4. The van der Waals surface area contributed by atoms with Crippen molar-refractivity contribution in [3.05, 3.63) is 59.7 Å². The van der Waals surface area contributed by atoms with Crippen LogP contribution in [0.4, 0.5) is 0 Å². The molecule has 0 saturated heterocycles. The van der Waals surface area contributed by atoms with Gasteiger partial charge >= 0.3 is 5.97 Å². The van der Waals surface area contributed by atoms with Gasteiger partial charge in [-0.15, -0.1) is 11.8 Å². The Morgan fingerprint density at radius 3 is 2.36 bits per heavy atom. The molecule has 1 N–H and O–H groups in total. The second kappa shape index (κ2) is 9.90. The molecule has 22 heavy (non-hydrogen) atoms. The molecule has 0 bridgehead atoms. The number of benzene rings is 2. The van der Waals surface area contributed by atoms with Crippen LogP contribution in [-0.4, -0.2) is 23.9 Å². The molecule has 0 amide bonds. The van der Waals surface area contributed by atoms with E-state index >= 15 is 0 Å². The van der Waals surface area contributed by atoms with E-state index in [0.29, 0.717) is 5.56 Å². The maximum absolute atomic E-state index is 11.6. The van der Waals surface area contributed by atoms with Crippen LogP contribution in [0, 0.1) is 0 Å². The molecule has 3 nitrogen and oxygen atoms in total. The van der Waals surface area contributed by atoms with Crippen LogP contribution < -0.4 is 0 Å². The molecular weight excluding hydrogens is 296 g/mol. The molecule has 2 rings (SSSR count). The first kappa shape index (κ1) is 18.1. The van der Waals surface area contributed by atoms with Gasteiger partial charge < -0.3 is 9.84 Å². The largest absolute Gasteiger partial charge is 0.508 e. The Balaban J connectivity index is 0.00000116. The quantitative estimate of drug-likeness (QED) is 0.649. The summed E-state index contributed by atoms with van der Waals surface area (Å²) in [5, 5.41) is 9.23. The number of phenols is 1. The van der Waals surface area contributed by atoms with Gasteiger partial charge in [0.2, 0.25) is 0 Å². The number of thioether (sulfide) groups is 1. The number of aromatic hydroxyl groups is 1. The van der Waals surface area contributed by atoms with E-state index in [4.69, 9.17) is 4.74 Å². The fraction of sp³-hybridized carbons (Fsp3) is 0.278. The summed E-state index contributed by atoms with van der Waals surface area (Å²) in [4.78, 5) is 12.6. The number of methoxy groups -OCH3 is 1. The van der Waals surface area contributed by atoms with Crippen LogP contribution in [0.5, 0.6) is 5.75 Å². The van der Waals surface area contributed by atoms with E-state index < -0.39 is 0 Å². The van der Waals surface area contributed by atoms with Crippen LogP contribution in [-0.2, 0) is 11.2 Å². The summed E-state index contributed by atoms with van der Waals surface area (Å²) in [5.41, 5.74) is 1.76. The number of ether oxygens (including phenoxy) is 1. The van der Waals surface area contributed by atoms with Crippen molar-refractivity contribution in [1.29, 1.82) is 0 Å². The Hall–Kier alpha value is -1.94. The number of phenolic OH excluding ortho intramolecular Hbond substituents is 1. The predicted octanol–water partition coefficient (Wildman–Crippen LogP) is 4.54. The highest BCUT2D eigenvalue weighted by Gasteiger charge is 2.10. The summed E-state index contributed by atoms with van der Waals surface area (Å²) in [6.45, 7) is 4.00. The molecule has 0 aliphatic heterocycles. The van der Waals surface area contributed by atoms with Crippen molar-refractivity contribution in [1.82, 2.24) is 0 Å². The molecule has 0 fully saturated rings. The summed E-state index contributed by atoms with van der Waals surface area (Å²) < 4.78 is 4.77. The molecule has 0 saturated carbocycles. The number of carbonyl (C=O) groups is 1. The minimum atomic E-state index is -0.308. The topological polar surface area (TPSA) is 46.5 Å². The maximum atomic E-state index is 11.6. The number of carbonyl (C=O) groups excluding carboxylic acids is 1. The van der Waals surface area contributed by atoms with E-state index in [1.165, 1.54) is 7.11 Å². The van der Waals surface area contributed by atoms with E-state index in [1.807, 2.05) is 44.2 Å².